The minimum atomic E-state index is -0.256. The second-order valence-corrected chi connectivity index (χ2v) is 5.52. The van der Waals surface area contributed by atoms with Gasteiger partial charge in [0.05, 0.1) is 17.0 Å². The first-order valence-electron chi connectivity index (χ1n) is 4.82. The summed E-state index contributed by atoms with van der Waals surface area (Å²) in [5.74, 6) is -0.0194. The third kappa shape index (κ3) is 2.60. The van der Waals surface area contributed by atoms with Crippen LogP contribution in [0.1, 0.15) is 5.56 Å². The SMILES string of the molecule is COc1cc(/C=C2\SC(=S)NC2=O)c(Cl)cc1O. The maximum Gasteiger partial charge on any atom is 0.263 e. The molecule has 1 fully saturated rings. The monoisotopic (exact) mass is 301 g/mol. The molecule has 1 aromatic rings. The van der Waals surface area contributed by atoms with Crippen LogP contribution < -0.4 is 10.1 Å². The van der Waals surface area contributed by atoms with Gasteiger partial charge >= 0.3 is 0 Å². The van der Waals surface area contributed by atoms with E-state index in [9.17, 15) is 9.90 Å². The fraction of sp³-hybridized carbons (Fsp3) is 0.0909. The summed E-state index contributed by atoms with van der Waals surface area (Å²) < 4.78 is 5.39. The third-order valence-electron chi connectivity index (χ3n) is 2.23. The van der Waals surface area contributed by atoms with Gasteiger partial charge in [0.2, 0.25) is 0 Å². The van der Waals surface area contributed by atoms with Crippen molar-refractivity contribution >= 4 is 51.9 Å². The first-order valence-corrected chi connectivity index (χ1v) is 6.43. The Hall–Kier alpha value is -1.24. The van der Waals surface area contributed by atoms with Crippen LogP contribution in [0.25, 0.3) is 6.08 Å². The number of carbonyl (C=O) groups is 1. The van der Waals surface area contributed by atoms with Gasteiger partial charge in [-0.05, 0) is 17.7 Å². The minimum absolute atomic E-state index is 0.0521. The second-order valence-electron chi connectivity index (χ2n) is 3.40. The van der Waals surface area contributed by atoms with Gasteiger partial charge in [0.1, 0.15) is 4.32 Å². The van der Waals surface area contributed by atoms with E-state index in [4.69, 9.17) is 28.6 Å². The van der Waals surface area contributed by atoms with Crippen LogP contribution in [-0.4, -0.2) is 22.4 Å². The number of thioether (sulfide) groups is 1. The zero-order chi connectivity index (χ0) is 13.3. The van der Waals surface area contributed by atoms with Crippen molar-refractivity contribution in [1.29, 1.82) is 0 Å². The number of ether oxygens (including phenoxy) is 1. The van der Waals surface area contributed by atoms with Crippen LogP contribution in [0, 0.1) is 0 Å². The highest BCUT2D eigenvalue weighted by atomic mass is 35.5. The smallest absolute Gasteiger partial charge is 0.263 e. The van der Waals surface area contributed by atoms with Crippen molar-refractivity contribution in [3.63, 3.8) is 0 Å². The van der Waals surface area contributed by atoms with Gasteiger partial charge < -0.3 is 15.2 Å². The van der Waals surface area contributed by atoms with E-state index in [1.54, 1.807) is 12.1 Å². The molecule has 4 nitrogen and oxygen atoms in total. The fourth-order valence-corrected chi connectivity index (χ4v) is 2.64. The number of methoxy groups -OCH3 is 1. The average molecular weight is 302 g/mol. The van der Waals surface area contributed by atoms with Crippen molar-refractivity contribution in [2.75, 3.05) is 7.11 Å². The average Bonchev–Trinajstić information content (AvgIpc) is 2.61. The molecule has 1 aromatic carbocycles. The van der Waals surface area contributed by atoms with Crippen LogP contribution in [0.3, 0.4) is 0 Å². The third-order valence-corrected chi connectivity index (χ3v) is 3.72. The normalized spacial score (nSPS) is 17.1. The van der Waals surface area contributed by atoms with Crippen LogP contribution in [0.4, 0.5) is 0 Å². The molecule has 0 spiro atoms. The summed E-state index contributed by atoms with van der Waals surface area (Å²) >= 11 is 12.0. The zero-order valence-corrected chi connectivity index (χ0v) is 11.6. The van der Waals surface area contributed by atoms with Crippen LogP contribution in [0.5, 0.6) is 11.5 Å². The molecule has 1 heterocycles. The molecular weight excluding hydrogens is 294 g/mol. The summed E-state index contributed by atoms with van der Waals surface area (Å²) in [5.41, 5.74) is 0.577. The molecule has 0 atom stereocenters. The predicted molar refractivity (Wildman–Crippen MR) is 76.0 cm³/mol. The highest BCUT2D eigenvalue weighted by molar-refractivity contribution is 8.26. The van der Waals surface area contributed by atoms with Gasteiger partial charge in [0.15, 0.2) is 11.5 Å². The molecule has 1 amide bonds. The number of thiocarbonyl (C=S) groups is 1. The molecule has 1 aliphatic rings. The summed E-state index contributed by atoms with van der Waals surface area (Å²) in [6.07, 6.45) is 1.60. The van der Waals surface area contributed by atoms with Crippen molar-refractivity contribution in [3.05, 3.63) is 27.6 Å². The number of rotatable bonds is 2. The Balaban J connectivity index is 2.43. The molecule has 0 saturated carbocycles. The molecule has 0 aliphatic carbocycles. The van der Waals surface area contributed by atoms with Gasteiger partial charge in [-0.3, -0.25) is 4.79 Å². The first kappa shape index (κ1) is 13.2. The van der Waals surface area contributed by atoms with Gasteiger partial charge in [0.25, 0.3) is 5.91 Å². The molecule has 2 N–H and O–H groups in total. The maximum absolute atomic E-state index is 11.5. The van der Waals surface area contributed by atoms with E-state index >= 15 is 0 Å². The Kier molecular flexibility index (Phi) is 3.79. The Bertz CT molecular complexity index is 572. The quantitative estimate of drug-likeness (QED) is 0.649. The number of hydrogen-bond acceptors (Lipinski definition) is 5. The summed E-state index contributed by atoms with van der Waals surface area (Å²) in [6.45, 7) is 0. The molecule has 1 saturated heterocycles. The molecule has 0 bridgehead atoms. The molecule has 0 unspecified atom stereocenters. The lowest BCUT2D eigenvalue weighted by Gasteiger charge is -2.06. The number of amides is 1. The molecule has 0 radical (unpaired) electrons. The van der Waals surface area contributed by atoms with Crippen molar-refractivity contribution in [2.24, 2.45) is 0 Å². The fourth-order valence-electron chi connectivity index (χ4n) is 1.39. The topological polar surface area (TPSA) is 58.6 Å². The van der Waals surface area contributed by atoms with Gasteiger partial charge in [-0.1, -0.05) is 35.6 Å². The van der Waals surface area contributed by atoms with E-state index in [-0.39, 0.29) is 17.4 Å². The highest BCUT2D eigenvalue weighted by Crippen LogP contribution is 2.35. The van der Waals surface area contributed by atoms with Crippen LogP contribution in [0.2, 0.25) is 5.02 Å². The number of nitrogens with one attached hydrogen (secondary N) is 1. The molecule has 2 rings (SSSR count). The zero-order valence-electron chi connectivity index (χ0n) is 9.19. The van der Waals surface area contributed by atoms with E-state index in [0.29, 0.717) is 19.8 Å². The van der Waals surface area contributed by atoms with Gasteiger partial charge in [-0.15, -0.1) is 0 Å². The number of carbonyl (C=O) groups excluding carboxylic acids is 1. The minimum Gasteiger partial charge on any atom is -0.504 e. The van der Waals surface area contributed by atoms with Gasteiger partial charge in [-0.2, -0.15) is 0 Å². The summed E-state index contributed by atoms with van der Waals surface area (Å²) in [4.78, 5) is 12.0. The van der Waals surface area contributed by atoms with Gasteiger partial charge in [0, 0.05) is 6.07 Å². The molecule has 18 heavy (non-hydrogen) atoms. The van der Waals surface area contributed by atoms with E-state index in [1.165, 1.54) is 13.2 Å². The van der Waals surface area contributed by atoms with Gasteiger partial charge in [-0.25, -0.2) is 0 Å². The van der Waals surface area contributed by atoms with E-state index < -0.39 is 0 Å². The lowest BCUT2D eigenvalue weighted by atomic mass is 10.2. The summed E-state index contributed by atoms with van der Waals surface area (Å²) in [7, 11) is 1.44. The molecule has 1 aliphatic heterocycles. The second kappa shape index (κ2) is 5.17. The molecule has 0 aromatic heterocycles. The Morgan fingerprint density at radius 1 is 1.56 bits per heavy atom. The number of phenolic OH excluding ortho intramolecular Hbond substituents is 1. The number of phenols is 1. The summed E-state index contributed by atoms with van der Waals surface area (Å²) in [6, 6.07) is 2.92. The Morgan fingerprint density at radius 3 is 2.83 bits per heavy atom. The van der Waals surface area contributed by atoms with Crippen LogP contribution in [-0.2, 0) is 4.79 Å². The van der Waals surface area contributed by atoms with Crippen molar-refractivity contribution < 1.29 is 14.6 Å². The van der Waals surface area contributed by atoms with Crippen LogP contribution in [0.15, 0.2) is 17.0 Å². The van der Waals surface area contributed by atoms with Crippen molar-refractivity contribution in [1.82, 2.24) is 5.32 Å². The largest absolute Gasteiger partial charge is 0.504 e. The standard InChI is InChI=1S/C11H8ClNO3S2/c1-16-8-2-5(6(12)4-7(8)14)3-9-10(15)13-11(17)18-9/h2-4,14H,1H3,(H,13,15,17)/b9-3-. The van der Waals surface area contributed by atoms with Crippen molar-refractivity contribution in [2.45, 2.75) is 0 Å². The van der Waals surface area contributed by atoms with E-state index in [2.05, 4.69) is 5.32 Å². The Morgan fingerprint density at radius 2 is 2.28 bits per heavy atom. The number of benzene rings is 1. The predicted octanol–water partition coefficient (Wildman–Crippen LogP) is 2.54. The lowest BCUT2D eigenvalue weighted by Crippen LogP contribution is -2.17. The summed E-state index contributed by atoms with van der Waals surface area (Å²) in [5, 5.41) is 12.4. The molecule has 94 valence electrons. The lowest BCUT2D eigenvalue weighted by molar-refractivity contribution is -0.115. The number of hydrogen-bond donors (Lipinski definition) is 2. The first-order chi connectivity index (χ1) is 8.51. The maximum atomic E-state index is 11.5. The Labute approximate surface area is 118 Å². The number of aromatic hydroxyl groups is 1. The highest BCUT2D eigenvalue weighted by Gasteiger charge is 2.22. The van der Waals surface area contributed by atoms with E-state index in [1.807, 2.05) is 0 Å². The van der Waals surface area contributed by atoms with E-state index in [0.717, 1.165) is 11.8 Å². The number of halogens is 1. The van der Waals surface area contributed by atoms with Crippen molar-refractivity contribution in [3.8, 4) is 11.5 Å². The molecule has 7 heteroatoms. The van der Waals surface area contributed by atoms with Crippen LogP contribution >= 0.6 is 35.6 Å². The molecular formula is C11H8ClNO3S2.